The predicted octanol–water partition coefficient (Wildman–Crippen LogP) is 3.28. The molecule has 26 heavy (non-hydrogen) atoms. The van der Waals surface area contributed by atoms with Crippen molar-refractivity contribution in [1.82, 2.24) is 15.1 Å². The number of aromatic nitrogens is 2. The lowest BCUT2D eigenvalue weighted by Gasteiger charge is -2.16. The van der Waals surface area contributed by atoms with Crippen molar-refractivity contribution in [2.45, 2.75) is 19.9 Å². The van der Waals surface area contributed by atoms with Gasteiger partial charge < -0.3 is 15.5 Å². The summed E-state index contributed by atoms with van der Waals surface area (Å²) in [7, 11) is 1.89. The van der Waals surface area contributed by atoms with Gasteiger partial charge in [0.25, 0.3) is 0 Å². The standard InChI is InChI=1S/C20H23N5O/c1-3-25-10-9-15-11-14(7-8-18(15)25)12-21-20(26)23-17-5-4-6-19-16(17)13-22-24(19)2/h4-8,11,13H,3,9-10,12H2,1-2H3,(H2,21,23,26). The number of amides is 2. The van der Waals surface area contributed by atoms with Crippen LogP contribution in [-0.4, -0.2) is 28.9 Å². The van der Waals surface area contributed by atoms with Crippen molar-refractivity contribution in [2.75, 3.05) is 23.3 Å². The number of anilines is 2. The predicted molar refractivity (Wildman–Crippen MR) is 105 cm³/mol. The maximum Gasteiger partial charge on any atom is 0.319 e. The maximum atomic E-state index is 12.3. The molecular weight excluding hydrogens is 326 g/mol. The fourth-order valence-corrected chi connectivity index (χ4v) is 3.60. The molecule has 2 N–H and O–H groups in total. The lowest BCUT2D eigenvalue weighted by molar-refractivity contribution is 0.252. The van der Waals surface area contributed by atoms with Crippen LogP contribution < -0.4 is 15.5 Å². The Balaban J connectivity index is 1.41. The molecule has 0 spiro atoms. The summed E-state index contributed by atoms with van der Waals surface area (Å²) >= 11 is 0. The van der Waals surface area contributed by atoms with Crippen LogP contribution in [0.4, 0.5) is 16.2 Å². The fourth-order valence-electron chi connectivity index (χ4n) is 3.60. The van der Waals surface area contributed by atoms with E-state index in [1.165, 1.54) is 11.3 Å². The number of nitrogens with one attached hydrogen (secondary N) is 2. The highest BCUT2D eigenvalue weighted by atomic mass is 16.2. The number of carbonyl (C=O) groups excluding carboxylic acids is 1. The number of nitrogens with zero attached hydrogens (tertiary/aromatic N) is 3. The summed E-state index contributed by atoms with van der Waals surface area (Å²) in [5.74, 6) is 0. The van der Waals surface area contributed by atoms with E-state index in [2.05, 4.69) is 45.8 Å². The van der Waals surface area contributed by atoms with Crippen LogP contribution in [0.15, 0.2) is 42.6 Å². The van der Waals surface area contributed by atoms with E-state index in [0.717, 1.165) is 41.7 Å². The van der Waals surface area contributed by atoms with Crippen molar-refractivity contribution in [3.05, 3.63) is 53.7 Å². The van der Waals surface area contributed by atoms with E-state index >= 15 is 0 Å². The highest BCUT2D eigenvalue weighted by Gasteiger charge is 2.17. The van der Waals surface area contributed by atoms with Crippen molar-refractivity contribution < 1.29 is 4.79 Å². The SMILES string of the molecule is CCN1CCc2cc(CNC(=O)Nc3cccc4c3cnn4C)ccc21. The average molecular weight is 349 g/mol. The van der Waals surface area contributed by atoms with Gasteiger partial charge in [-0.2, -0.15) is 5.10 Å². The van der Waals surface area contributed by atoms with E-state index in [0.29, 0.717) is 6.54 Å². The van der Waals surface area contributed by atoms with Gasteiger partial charge in [0.05, 0.1) is 17.4 Å². The first-order chi connectivity index (χ1) is 12.7. The van der Waals surface area contributed by atoms with E-state index < -0.39 is 0 Å². The number of fused-ring (bicyclic) bond motifs is 2. The summed E-state index contributed by atoms with van der Waals surface area (Å²) in [6.07, 6.45) is 2.84. The third kappa shape index (κ3) is 2.98. The van der Waals surface area contributed by atoms with Gasteiger partial charge in [-0.05, 0) is 42.7 Å². The molecule has 1 aromatic heterocycles. The number of carbonyl (C=O) groups is 1. The van der Waals surface area contributed by atoms with Crippen LogP contribution >= 0.6 is 0 Å². The molecule has 0 saturated carbocycles. The molecule has 4 rings (SSSR count). The Morgan fingerprint density at radius 1 is 1.27 bits per heavy atom. The quantitative estimate of drug-likeness (QED) is 0.760. The molecule has 1 aliphatic rings. The molecule has 1 aliphatic heterocycles. The number of likely N-dealkylation sites (N-methyl/N-ethyl adjacent to an activating group) is 1. The molecule has 3 aromatic rings. The van der Waals surface area contributed by atoms with Crippen molar-refractivity contribution in [3.63, 3.8) is 0 Å². The van der Waals surface area contributed by atoms with Gasteiger partial charge >= 0.3 is 6.03 Å². The fraction of sp³-hybridized carbons (Fsp3) is 0.300. The second kappa shape index (κ2) is 6.71. The van der Waals surface area contributed by atoms with Crippen LogP contribution in [0.2, 0.25) is 0 Å². The van der Waals surface area contributed by atoms with Gasteiger partial charge in [-0.3, -0.25) is 4.68 Å². The molecular formula is C20H23N5O. The molecule has 0 fully saturated rings. The molecule has 2 aromatic carbocycles. The van der Waals surface area contributed by atoms with Crippen molar-refractivity contribution in [3.8, 4) is 0 Å². The minimum Gasteiger partial charge on any atom is -0.371 e. The second-order valence-electron chi connectivity index (χ2n) is 6.61. The summed E-state index contributed by atoms with van der Waals surface area (Å²) in [6, 6.07) is 12.0. The van der Waals surface area contributed by atoms with Gasteiger partial charge in [0.1, 0.15) is 0 Å². The van der Waals surface area contributed by atoms with Crippen molar-refractivity contribution in [2.24, 2.45) is 7.05 Å². The van der Waals surface area contributed by atoms with E-state index in [-0.39, 0.29) is 6.03 Å². The van der Waals surface area contributed by atoms with E-state index in [1.54, 1.807) is 10.9 Å². The van der Waals surface area contributed by atoms with Gasteiger partial charge in [0, 0.05) is 37.8 Å². The van der Waals surface area contributed by atoms with Crippen LogP contribution in [0, 0.1) is 0 Å². The van der Waals surface area contributed by atoms with Crippen molar-refractivity contribution in [1.29, 1.82) is 0 Å². The Morgan fingerprint density at radius 3 is 3.00 bits per heavy atom. The number of benzene rings is 2. The van der Waals surface area contributed by atoms with Crippen LogP contribution in [0.3, 0.4) is 0 Å². The topological polar surface area (TPSA) is 62.2 Å². The third-order valence-electron chi connectivity index (χ3n) is 5.01. The number of rotatable bonds is 4. The Morgan fingerprint density at radius 2 is 2.15 bits per heavy atom. The number of hydrogen-bond acceptors (Lipinski definition) is 3. The van der Waals surface area contributed by atoms with Crippen LogP contribution in [-0.2, 0) is 20.0 Å². The number of hydrogen-bond donors (Lipinski definition) is 2. The molecule has 0 saturated heterocycles. The van der Waals surface area contributed by atoms with Crippen LogP contribution in [0.1, 0.15) is 18.1 Å². The lowest BCUT2D eigenvalue weighted by Crippen LogP contribution is -2.28. The van der Waals surface area contributed by atoms with Crippen LogP contribution in [0.25, 0.3) is 10.9 Å². The smallest absolute Gasteiger partial charge is 0.319 e. The zero-order valence-corrected chi connectivity index (χ0v) is 15.1. The largest absolute Gasteiger partial charge is 0.371 e. The monoisotopic (exact) mass is 349 g/mol. The summed E-state index contributed by atoms with van der Waals surface area (Å²) in [6.45, 7) is 4.80. The average Bonchev–Trinajstić information content (AvgIpc) is 3.24. The zero-order valence-electron chi connectivity index (χ0n) is 15.1. The summed E-state index contributed by atoms with van der Waals surface area (Å²) in [5.41, 5.74) is 5.56. The van der Waals surface area contributed by atoms with Gasteiger partial charge in [-0.25, -0.2) is 4.79 Å². The molecule has 0 bridgehead atoms. The zero-order chi connectivity index (χ0) is 18.1. The molecule has 0 radical (unpaired) electrons. The Labute approximate surface area is 152 Å². The minimum atomic E-state index is -0.211. The highest BCUT2D eigenvalue weighted by Crippen LogP contribution is 2.28. The van der Waals surface area contributed by atoms with Gasteiger partial charge in [0.2, 0.25) is 0 Å². The Bertz CT molecular complexity index is 962. The first-order valence-electron chi connectivity index (χ1n) is 8.98. The lowest BCUT2D eigenvalue weighted by atomic mass is 10.1. The van der Waals surface area contributed by atoms with Crippen LogP contribution in [0.5, 0.6) is 0 Å². The molecule has 0 aliphatic carbocycles. The Hall–Kier alpha value is -3.02. The van der Waals surface area contributed by atoms with Gasteiger partial charge in [-0.1, -0.05) is 18.2 Å². The van der Waals surface area contributed by atoms with E-state index in [9.17, 15) is 4.79 Å². The first-order valence-corrected chi connectivity index (χ1v) is 8.98. The molecule has 0 atom stereocenters. The van der Waals surface area contributed by atoms with Crippen molar-refractivity contribution >= 4 is 28.3 Å². The first kappa shape index (κ1) is 16.4. The molecule has 6 heteroatoms. The minimum absolute atomic E-state index is 0.211. The molecule has 2 heterocycles. The summed E-state index contributed by atoms with van der Waals surface area (Å²) < 4.78 is 1.79. The summed E-state index contributed by atoms with van der Waals surface area (Å²) in [4.78, 5) is 14.7. The molecule has 2 amide bonds. The molecule has 6 nitrogen and oxygen atoms in total. The second-order valence-corrected chi connectivity index (χ2v) is 6.61. The molecule has 134 valence electrons. The normalized spacial score (nSPS) is 13.1. The maximum absolute atomic E-state index is 12.3. The third-order valence-corrected chi connectivity index (χ3v) is 5.01. The van der Waals surface area contributed by atoms with Gasteiger partial charge in [0.15, 0.2) is 0 Å². The molecule has 0 unspecified atom stereocenters. The highest BCUT2D eigenvalue weighted by molar-refractivity contribution is 6.00. The number of aryl methyl sites for hydroxylation is 1. The Kier molecular flexibility index (Phi) is 4.24. The number of urea groups is 1. The van der Waals surface area contributed by atoms with E-state index in [1.807, 2.05) is 25.2 Å². The van der Waals surface area contributed by atoms with Gasteiger partial charge in [-0.15, -0.1) is 0 Å². The van der Waals surface area contributed by atoms with E-state index in [4.69, 9.17) is 0 Å². The summed E-state index contributed by atoms with van der Waals surface area (Å²) in [5, 5.41) is 11.0.